The Kier molecular flexibility index (Phi) is 3.96. The molecule has 2 aromatic rings. The highest BCUT2D eigenvalue weighted by Crippen LogP contribution is 2.20. The van der Waals surface area contributed by atoms with Crippen LogP contribution in [0.5, 0.6) is 0 Å². The van der Waals surface area contributed by atoms with Crippen LogP contribution in [-0.2, 0) is 6.42 Å². The second kappa shape index (κ2) is 5.66. The van der Waals surface area contributed by atoms with Crippen molar-refractivity contribution in [1.82, 2.24) is 10.4 Å². The summed E-state index contributed by atoms with van der Waals surface area (Å²) in [6, 6.07) is 7.28. The molecule has 0 spiro atoms. The van der Waals surface area contributed by atoms with Crippen LogP contribution in [0.15, 0.2) is 42.7 Å². The van der Waals surface area contributed by atoms with E-state index in [2.05, 4.69) is 10.4 Å². The maximum atomic E-state index is 13.6. The van der Waals surface area contributed by atoms with Crippen LogP contribution in [0.3, 0.4) is 0 Å². The molecule has 0 saturated carbocycles. The molecule has 0 aliphatic heterocycles. The van der Waals surface area contributed by atoms with Gasteiger partial charge in [0.2, 0.25) is 0 Å². The summed E-state index contributed by atoms with van der Waals surface area (Å²) in [7, 11) is 0. The third-order valence-corrected chi connectivity index (χ3v) is 2.71. The number of halogens is 2. The van der Waals surface area contributed by atoms with Gasteiger partial charge in [-0.05, 0) is 30.2 Å². The molecule has 18 heavy (non-hydrogen) atoms. The number of nitrogens with one attached hydrogen (secondary N) is 1. The van der Waals surface area contributed by atoms with Gasteiger partial charge in [0.15, 0.2) is 0 Å². The van der Waals surface area contributed by atoms with Crippen LogP contribution in [0, 0.1) is 11.6 Å². The Morgan fingerprint density at radius 3 is 2.78 bits per heavy atom. The van der Waals surface area contributed by atoms with Gasteiger partial charge >= 0.3 is 0 Å². The van der Waals surface area contributed by atoms with E-state index in [1.807, 2.05) is 0 Å². The van der Waals surface area contributed by atoms with Crippen LogP contribution in [-0.4, -0.2) is 4.98 Å². The van der Waals surface area contributed by atoms with Crippen LogP contribution < -0.4 is 11.3 Å². The fraction of sp³-hybridized carbons (Fsp3) is 0.154. The quantitative estimate of drug-likeness (QED) is 0.644. The zero-order chi connectivity index (χ0) is 13.0. The summed E-state index contributed by atoms with van der Waals surface area (Å²) in [5.41, 5.74) is 3.70. The number of nitrogens with zero attached hydrogens (tertiary/aromatic N) is 1. The van der Waals surface area contributed by atoms with Gasteiger partial charge in [0, 0.05) is 11.8 Å². The molecular formula is C13H13F2N3. The Bertz CT molecular complexity index is 531. The van der Waals surface area contributed by atoms with E-state index in [4.69, 9.17) is 5.84 Å². The van der Waals surface area contributed by atoms with Gasteiger partial charge in [0.05, 0.1) is 12.2 Å². The van der Waals surface area contributed by atoms with E-state index in [1.165, 1.54) is 18.3 Å². The van der Waals surface area contributed by atoms with E-state index in [-0.39, 0.29) is 5.82 Å². The zero-order valence-corrected chi connectivity index (χ0v) is 9.61. The van der Waals surface area contributed by atoms with E-state index >= 15 is 0 Å². The maximum absolute atomic E-state index is 13.6. The topological polar surface area (TPSA) is 50.9 Å². The lowest BCUT2D eigenvalue weighted by Gasteiger charge is -2.16. The minimum absolute atomic E-state index is 0.321. The number of pyridine rings is 1. The van der Waals surface area contributed by atoms with Crippen molar-refractivity contribution in [3.05, 3.63) is 65.5 Å². The Balaban J connectivity index is 2.23. The van der Waals surface area contributed by atoms with Crippen molar-refractivity contribution < 1.29 is 8.78 Å². The molecule has 94 valence electrons. The Morgan fingerprint density at radius 2 is 2.11 bits per heavy atom. The average Bonchev–Trinajstić information content (AvgIpc) is 2.37. The molecular weight excluding hydrogens is 236 g/mol. The fourth-order valence-electron chi connectivity index (χ4n) is 1.83. The Labute approximate surface area is 104 Å². The number of hydrogen-bond donors (Lipinski definition) is 2. The fourth-order valence-corrected chi connectivity index (χ4v) is 1.83. The second-order valence-electron chi connectivity index (χ2n) is 3.95. The molecule has 0 saturated heterocycles. The zero-order valence-electron chi connectivity index (χ0n) is 9.61. The second-order valence-corrected chi connectivity index (χ2v) is 3.95. The van der Waals surface area contributed by atoms with Crippen molar-refractivity contribution >= 4 is 0 Å². The minimum Gasteiger partial charge on any atom is -0.271 e. The van der Waals surface area contributed by atoms with Crippen molar-refractivity contribution in [3.8, 4) is 0 Å². The standard InChI is InChI=1S/C13H13F2N3/c14-10-3-1-2-9(6-10)7-13(18-16)11-4-5-17-8-12(11)15/h1-6,8,13,18H,7,16H2. The summed E-state index contributed by atoms with van der Waals surface area (Å²) in [6.07, 6.45) is 3.02. The highest BCUT2D eigenvalue weighted by atomic mass is 19.1. The third-order valence-electron chi connectivity index (χ3n) is 2.71. The van der Waals surface area contributed by atoms with Crippen LogP contribution in [0.2, 0.25) is 0 Å². The summed E-state index contributed by atoms with van der Waals surface area (Å²) in [5.74, 6) is 4.67. The monoisotopic (exact) mass is 249 g/mol. The molecule has 1 unspecified atom stereocenters. The van der Waals surface area contributed by atoms with Gasteiger partial charge in [0.25, 0.3) is 0 Å². The number of aromatic nitrogens is 1. The molecule has 3 N–H and O–H groups in total. The molecule has 0 fully saturated rings. The van der Waals surface area contributed by atoms with Crippen LogP contribution in [0.25, 0.3) is 0 Å². The van der Waals surface area contributed by atoms with Gasteiger partial charge in [-0.2, -0.15) is 0 Å². The van der Waals surface area contributed by atoms with E-state index < -0.39 is 11.9 Å². The SMILES string of the molecule is NNC(Cc1cccc(F)c1)c1ccncc1F. The molecule has 0 aliphatic rings. The first kappa shape index (κ1) is 12.6. The highest BCUT2D eigenvalue weighted by Gasteiger charge is 2.15. The van der Waals surface area contributed by atoms with E-state index in [0.29, 0.717) is 12.0 Å². The summed E-state index contributed by atoms with van der Waals surface area (Å²) in [4.78, 5) is 3.68. The van der Waals surface area contributed by atoms with Gasteiger partial charge in [-0.25, -0.2) is 8.78 Å². The molecule has 1 heterocycles. The number of nitrogens with two attached hydrogens (primary N) is 1. The van der Waals surface area contributed by atoms with E-state index in [1.54, 1.807) is 18.2 Å². The van der Waals surface area contributed by atoms with Gasteiger partial charge in [-0.1, -0.05) is 12.1 Å². The summed E-state index contributed by atoms with van der Waals surface area (Å²) < 4.78 is 26.6. The van der Waals surface area contributed by atoms with Crippen LogP contribution in [0.1, 0.15) is 17.2 Å². The van der Waals surface area contributed by atoms with Gasteiger partial charge in [-0.3, -0.25) is 16.3 Å². The molecule has 0 amide bonds. The lowest BCUT2D eigenvalue weighted by molar-refractivity contribution is 0.506. The summed E-state index contributed by atoms with van der Waals surface area (Å²) >= 11 is 0. The largest absolute Gasteiger partial charge is 0.271 e. The lowest BCUT2D eigenvalue weighted by atomic mass is 10.00. The first-order valence-electron chi connectivity index (χ1n) is 5.50. The number of benzene rings is 1. The summed E-state index contributed by atoms with van der Waals surface area (Å²) in [6.45, 7) is 0. The van der Waals surface area contributed by atoms with Gasteiger partial charge in [-0.15, -0.1) is 0 Å². The third kappa shape index (κ3) is 2.88. The number of hydrazine groups is 1. The van der Waals surface area contributed by atoms with E-state index in [9.17, 15) is 8.78 Å². The smallest absolute Gasteiger partial charge is 0.146 e. The lowest BCUT2D eigenvalue weighted by Crippen LogP contribution is -2.30. The molecule has 1 aromatic carbocycles. The van der Waals surface area contributed by atoms with Crippen LogP contribution in [0.4, 0.5) is 8.78 Å². The predicted molar refractivity (Wildman–Crippen MR) is 64.4 cm³/mol. The Morgan fingerprint density at radius 1 is 1.28 bits per heavy atom. The molecule has 1 aromatic heterocycles. The molecule has 0 aliphatic carbocycles. The number of rotatable bonds is 4. The number of hydrogen-bond acceptors (Lipinski definition) is 3. The first-order chi connectivity index (χ1) is 8.70. The van der Waals surface area contributed by atoms with Crippen molar-refractivity contribution in [1.29, 1.82) is 0 Å². The predicted octanol–water partition coefficient (Wildman–Crippen LogP) is 2.11. The highest BCUT2D eigenvalue weighted by molar-refractivity contribution is 5.23. The van der Waals surface area contributed by atoms with Crippen molar-refractivity contribution in [2.45, 2.75) is 12.5 Å². The van der Waals surface area contributed by atoms with Crippen molar-refractivity contribution in [2.24, 2.45) is 5.84 Å². The molecule has 2 rings (SSSR count). The maximum Gasteiger partial charge on any atom is 0.146 e. The summed E-state index contributed by atoms with van der Waals surface area (Å²) in [5, 5.41) is 0. The molecule has 0 radical (unpaired) electrons. The first-order valence-corrected chi connectivity index (χ1v) is 5.50. The van der Waals surface area contributed by atoms with Gasteiger partial charge < -0.3 is 0 Å². The molecule has 0 bridgehead atoms. The molecule has 5 heteroatoms. The van der Waals surface area contributed by atoms with Gasteiger partial charge in [0.1, 0.15) is 11.6 Å². The minimum atomic E-state index is -0.433. The Hall–Kier alpha value is -1.85. The average molecular weight is 249 g/mol. The van der Waals surface area contributed by atoms with Crippen molar-refractivity contribution in [3.63, 3.8) is 0 Å². The van der Waals surface area contributed by atoms with Crippen molar-refractivity contribution in [2.75, 3.05) is 0 Å². The molecule has 3 nitrogen and oxygen atoms in total. The van der Waals surface area contributed by atoms with Crippen LogP contribution >= 0.6 is 0 Å². The normalized spacial score (nSPS) is 12.4. The van der Waals surface area contributed by atoms with E-state index in [0.717, 1.165) is 11.8 Å². The molecule has 1 atom stereocenters.